The monoisotopic (exact) mass is 123 g/mol. The highest BCUT2D eigenvalue weighted by atomic mass is 31.2. The zero-order chi connectivity index (χ0) is 5.86. The second kappa shape index (κ2) is 3.02. The highest BCUT2D eigenvalue weighted by molar-refractivity contribution is 7.45. The third-order valence-electron chi connectivity index (χ3n) is 0.487. The van der Waals surface area contributed by atoms with Gasteiger partial charge in [-0.15, -0.1) is 4.91 Å². The lowest BCUT2D eigenvalue weighted by atomic mass is 10.8. The summed E-state index contributed by atoms with van der Waals surface area (Å²) in [4.78, 5) is 25.7. The Morgan fingerprint density at radius 3 is 2.14 bits per heavy atom. The van der Waals surface area contributed by atoms with Gasteiger partial charge in [0.2, 0.25) is 0 Å². The van der Waals surface area contributed by atoms with Crippen molar-refractivity contribution in [2.24, 2.45) is 5.18 Å². The molecule has 1 atom stereocenters. The molecule has 0 fully saturated rings. The summed E-state index contributed by atoms with van der Waals surface area (Å²) in [5, 5.41) is 2.37. The molecule has 42 valence electrons. The number of hydrogen-bond acceptors (Lipinski definition) is 4. The van der Waals surface area contributed by atoms with Crippen molar-refractivity contribution in [2.75, 3.05) is 0 Å². The predicted molar refractivity (Wildman–Crippen MR) is 26.6 cm³/mol. The third-order valence-corrected chi connectivity index (χ3v) is 1.25. The Kier molecular flexibility index (Phi) is 3.00. The van der Waals surface area contributed by atoms with Crippen LogP contribution in [0, 0.1) is 4.91 Å². The molecule has 4 nitrogen and oxygen atoms in total. The van der Waals surface area contributed by atoms with Crippen LogP contribution >= 0.6 is 8.38 Å². The summed E-state index contributed by atoms with van der Waals surface area (Å²) in [6.45, 7) is 1.35. The van der Waals surface area contributed by atoms with Crippen molar-refractivity contribution in [1.82, 2.24) is 0 Å². The Morgan fingerprint density at radius 2 is 2.14 bits per heavy atom. The second-order valence-corrected chi connectivity index (χ2v) is 2.45. The fourth-order valence-corrected chi connectivity index (χ4v) is 0.126. The number of nitrogens with zero attached hydrogens (tertiary/aromatic N) is 1. The molecule has 0 bridgehead atoms. The molecule has 0 saturated heterocycles. The van der Waals surface area contributed by atoms with Crippen molar-refractivity contribution in [3.8, 4) is 0 Å². The molecule has 0 aromatic carbocycles. The highest BCUT2D eigenvalue weighted by Crippen LogP contribution is 2.30. The summed E-state index contributed by atoms with van der Waals surface area (Å²) in [5.41, 5.74) is 0. The molecule has 7 heavy (non-hydrogen) atoms. The van der Waals surface area contributed by atoms with E-state index in [1.807, 2.05) is 0 Å². The highest BCUT2D eigenvalue weighted by Gasteiger charge is 2.09. The SMILES string of the molecule is CC(N=O)P(O)O. The van der Waals surface area contributed by atoms with Crippen molar-refractivity contribution in [2.45, 2.75) is 12.7 Å². The summed E-state index contributed by atoms with van der Waals surface area (Å²) >= 11 is 0. The Labute approximate surface area is 42.1 Å². The van der Waals surface area contributed by atoms with Crippen molar-refractivity contribution in [3.05, 3.63) is 4.91 Å². The lowest BCUT2D eigenvalue weighted by Crippen LogP contribution is -1.90. The standard InChI is InChI=1S/C2H6NO3P/c1-2(3-4)7(5)6/h2,5-6H,1H3. The van der Waals surface area contributed by atoms with Gasteiger partial charge in [0.05, 0.1) is 0 Å². The zero-order valence-electron chi connectivity index (χ0n) is 3.77. The van der Waals surface area contributed by atoms with Crippen LogP contribution in [0.5, 0.6) is 0 Å². The van der Waals surface area contributed by atoms with Crippen molar-refractivity contribution >= 4 is 8.38 Å². The fourth-order valence-electron chi connectivity index (χ4n) is 0.0422. The van der Waals surface area contributed by atoms with Crippen LogP contribution in [0.25, 0.3) is 0 Å². The molecule has 0 spiro atoms. The van der Waals surface area contributed by atoms with E-state index in [1.54, 1.807) is 0 Å². The first-order chi connectivity index (χ1) is 3.18. The largest absolute Gasteiger partial charge is 0.348 e. The van der Waals surface area contributed by atoms with Gasteiger partial charge in [0, 0.05) is 0 Å². The number of nitroso groups, excluding NO2 is 1. The van der Waals surface area contributed by atoms with E-state index in [0.29, 0.717) is 0 Å². The number of hydrogen-bond donors (Lipinski definition) is 2. The molecule has 0 rings (SSSR count). The lowest BCUT2D eigenvalue weighted by Gasteiger charge is -1.99. The van der Waals surface area contributed by atoms with Crippen LogP contribution in [-0.2, 0) is 0 Å². The molecule has 2 N–H and O–H groups in total. The van der Waals surface area contributed by atoms with E-state index in [1.165, 1.54) is 6.92 Å². The van der Waals surface area contributed by atoms with Crippen molar-refractivity contribution in [1.29, 1.82) is 0 Å². The maximum absolute atomic E-state index is 9.39. The quantitative estimate of drug-likeness (QED) is 0.412. The summed E-state index contributed by atoms with van der Waals surface area (Å²) < 4.78 is 0. The maximum Gasteiger partial charge on any atom is 0.194 e. The Balaban J connectivity index is 3.33. The Hall–Kier alpha value is -0.0500. The molecule has 0 aromatic heterocycles. The summed E-state index contributed by atoms with van der Waals surface area (Å²) in [6.07, 6.45) is 0. The van der Waals surface area contributed by atoms with Gasteiger partial charge in [-0.2, -0.15) is 0 Å². The first-order valence-electron chi connectivity index (χ1n) is 1.68. The average molecular weight is 123 g/mol. The summed E-state index contributed by atoms with van der Waals surface area (Å²) in [5.74, 6) is -0.852. The molecule has 1 unspecified atom stereocenters. The van der Waals surface area contributed by atoms with Crippen LogP contribution in [0.15, 0.2) is 5.18 Å². The van der Waals surface area contributed by atoms with E-state index in [0.717, 1.165) is 0 Å². The van der Waals surface area contributed by atoms with Crippen LogP contribution in [0.4, 0.5) is 0 Å². The first kappa shape index (κ1) is 6.95. The summed E-state index contributed by atoms with van der Waals surface area (Å²) in [7, 11) is -2.14. The van der Waals surface area contributed by atoms with Gasteiger partial charge < -0.3 is 9.79 Å². The van der Waals surface area contributed by atoms with E-state index in [-0.39, 0.29) is 0 Å². The molecule has 0 saturated carbocycles. The molecule has 0 heterocycles. The minimum Gasteiger partial charge on any atom is -0.348 e. The van der Waals surface area contributed by atoms with Crippen LogP contribution in [0.1, 0.15) is 6.92 Å². The molecule has 0 radical (unpaired) electrons. The van der Waals surface area contributed by atoms with E-state index in [9.17, 15) is 4.91 Å². The van der Waals surface area contributed by atoms with E-state index in [2.05, 4.69) is 5.18 Å². The molecule has 5 heteroatoms. The summed E-state index contributed by atoms with van der Waals surface area (Å²) in [6, 6.07) is 0. The van der Waals surface area contributed by atoms with Gasteiger partial charge in [-0.3, -0.25) is 0 Å². The first-order valence-corrected chi connectivity index (χ1v) is 2.99. The second-order valence-electron chi connectivity index (χ2n) is 1.06. The van der Waals surface area contributed by atoms with Crippen molar-refractivity contribution in [3.63, 3.8) is 0 Å². The zero-order valence-corrected chi connectivity index (χ0v) is 4.67. The van der Waals surface area contributed by atoms with Crippen LogP contribution in [-0.4, -0.2) is 15.6 Å². The van der Waals surface area contributed by atoms with Crippen LogP contribution < -0.4 is 0 Å². The molecular formula is C2H6NO3P. The van der Waals surface area contributed by atoms with Gasteiger partial charge in [0.25, 0.3) is 0 Å². The maximum atomic E-state index is 9.39. The van der Waals surface area contributed by atoms with E-state index in [4.69, 9.17) is 9.79 Å². The van der Waals surface area contributed by atoms with Crippen molar-refractivity contribution < 1.29 is 9.79 Å². The minimum absolute atomic E-state index is 0.852. The number of rotatable bonds is 2. The van der Waals surface area contributed by atoms with Gasteiger partial charge in [0.15, 0.2) is 14.2 Å². The van der Waals surface area contributed by atoms with E-state index >= 15 is 0 Å². The third kappa shape index (κ3) is 2.62. The van der Waals surface area contributed by atoms with Gasteiger partial charge in [-0.05, 0) is 6.92 Å². The van der Waals surface area contributed by atoms with Gasteiger partial charge in [0.1, 0.15) is 0 Å². The Morgan fingerprint density at radius 1 is 1.71 bits per heavy atom. The molecule has 0 aliphatic heterocycles. The predicted octanol–water partition coefficient (Wildman–Crippen LogP) is 0.395. The molecule has 0 amide bonds. The molecule has 0 aliphatic rings. The molecular weight excluding hydrogens is 117 g/mol. The molecule has 0 aliphatic carbocycles. The fraction of sp³-hybridized carbons (Fsp3) is 1.00. The topological polar surface area (TPSA) is 69.9 Å². The van der Waals surface area contributed by atoms with Gasteiger partial charge >= 0.3 is 0 Å². The molecule has 0 aromatic rings. The van der Waals surface area contributed by atoms with E-state index < -0.39 is 14.2 Å². The van der Waals surface area contributed by atoms with Crippen LogP contribution in [0.3, 0.4) is 0 Å². The lowest BCUT2D eigenvalue weighted by molar-refractivity contribution is 0.469. The van der Waals surface area contributed by atoms with Gasteiger partial charge in [-0.25, -0.2) is 0 Å². The smallest absolute Gasteiger partial charge is 0.194 e. The average Bonchev–Trinajstić information content (AvgIpc) is 1.65. The normalized spacial score (nSPS) is 14.3. The minimum atomic E-state index is -2.14. The van der Waals surface area contributed by atoms with Crippen LogP contribution in [0.2, 0.25) is 0 Å². The Bertz CT molecular complexity index is 66.0. The van der Waals surface area contributed by atoms with Gasteiger partial charge in [-0.1, -0.05) is 5.18 Å².